The lowest BCUT2D eigenvalue weighted by molar-refractivity contribution is -0.157. The molecule has 0 aromatic carbocycles. The van der Waals surface area contributed by atoms with Crippen molar-refractivity contribution < 1.29 is 47.8 Å². The van der Waals surface area contributed by atoms with Gasteiger partial charge in [-0.15, -0.1) is 12.4 Å². The van der Waals surface area contributed by atoms with Gasteiger partial charge in [0.05, 0.1) is 26.7 Å². The third-order valence-electron chi connectivity index (χ3n) is 9.11. The van der Waals surface area contributed by atoms with Crippen LogP contribution in [0.4, 0.5) is 0 Å². The van der Waals surface area contributed by atoms with E-state index in [2.05, 4.69) is 21.3 Å². The van der Waals surface area contributed by atoms with E-state index >= 15 is 0 Å². The first-order valence-electron chi connectivity index (χ1n) is 17.4. The number of rotatable bonds is 16. The molecule has 4 fully saturated rings. The second kappa shape index (κ2) is 19.8. The maximum absolute atomic E-state index is 12.9. The Morgan fingerprint density at radius 3 is 1.56 bits per heavy atom. The van der Waals surface area contributed by atoms with Gasteiger partial charge in [-0.05, 0) is 71.1 Å². The third-order valence-corrected chi connectivity index (χ3v) is 9.11. The zero-order valence-electron chi connectivity index (χ0n) is 29.9. The zero-order chi connectivity index (χ0) is 36.3. The molecule has 0 radical (unpaired) electrons. The Morgan fingerprint density at radius 1 is 0.740 bits per heavy atom. The summed E-state index contributed by atoms with van der Waals surface area (Å²) in [7, 11) is 2.51. The number of carbonyl (C=O) groups excluding carboxylic acids is 7. The summed E-state index contributed by atoms with van der Waals surface area (Å²) in [5.74, 6) is -2.69. The molecule has 6 atom stereocenters. The molecule has 2 heterocycles. The molecule has 4 amide bonds. The minimum atomic E-state index is -0.910. The van der Waals surface area contributed by atoms with Gasteiger partial charge in [-0.1, -0.05) is 25.7 Å². The van der Waals surface area contributed by atoms with Crippen molar-refractivity contribution in [3.63, 3.8) is 0 Å². The summed E-state index contributed by atoms with van der Waals surface area (Å²) in [5, 5.41) is 10.8. The van der Waals surface area contributed by atoms with Gasteiger partial charge in [0, 0.05) is 30.8 Å². The highest BCUT2D eigenvalue weighted by molar-refractivity contribution is 5.90. The Balaban J connectivity index is 0.000000353. The van der Waals surface area contributed by atoms with Crippen LogP contribution in [-0.2, 0) is 47.8 Å². The molecule has 2 aliphatic heterocycles. The summed E-state index contributed by atoms with van der Waals surface area (Å²) in [6, 6.07) is -2.34. The fourth-order valence-corrected chi connectivity index (χ4v) is 6.03. The smallest absolute Gasteiger partial charge is 0.328 e. The Labute approximate surface area is 300 Å². The molecule has 2 saturated heterocycles. The lowest BCUT2D eigenvalue weighted by Gasteiger charge is -2.24. The van der Waals surface area contributed by atoms with Crippen LogP contribution in [0, 0.1) is 29.6 Å². The lowest BCUT2D eigenvalue weighted by atomic mass is 9.94. The monoisotopic (exact) mass is 729 g/mol. The first kappa shape index (κ1) is 42.7. The summed E-state index contributed by atoms with van der Waals surface area (Å²) in [4.78, 5) is 84.5. The number of amides is 4. The van der Waals surface area contributed by atoms with Crippen LogP contribution in [0.3, 0.4) is 0 Å². The summed E-state index contributed by atoms with van der Waals surface area (Å²) in [5.41, 5.74) is 5.22. The molecule has 2 aliphatic carbocycles. The molecule has 4 aliphatic rings. The standard InChI is InChI=1S/C20H32N2O6.C14H23N3O4.ClH/c1-20(2,3)28-16(23)11-14(9-12-5-6-12)18(25)22-15(19(26)27-4)10-13-7-8-21-17(13)24;1-21-14(20)11(7-9-4-5-16-12(9)18)17-13(19)10(15)6-8-2-3-8;/h12-15H,5-11H2,1-4H3,(H,21,24)(H,22,25);8-11H,2-7,15H2,1H3,(H,16,18)(H,17,19);1H/t13-,14+,15-;9-,10-,11-;/m00./s1. The Kier molecular flexibility index (Phi) is 16.9. The number of esters is 3. The van der Waals surface area contributed by atoms with Crippen molar-refractivity contribution in [2.24, 2.45) is 35.3 Å². The molecule has 4 rings (SSSR count). The van der Waals surface area contributed by atoms with Crippen LogP contribution in [-0.4, -0.2) is 92.6 Å². The van der Waals surface area contributed by atoms with Crippen molar-refractivity contribution in [2.75, 3.05) is 27.3 Å². The lowest BCUT2D eigenvalue weighted by Crippen LogP contribution is -2.49. The van der Waals surface area contributed by atoms with Crippen LogP contribution in [0.25, 0.3) is 0 Å². The molecule has 0 bridgehead atoms. The van der Waals surface area contributed by atoms with Crippen molar-refractivity contribution in [3.05, 3.63) is 0 Å². The summed E-state index contributed by atoms with van der Waals surface area (Å²) in [6.07, 6.45) is 7.23. The van der Waals surface area contributed by atoms with Crippen molar-refractivity contribution >= 4 is 53.9 Å². The highest BCUT2D eigenvalue weighted by Gasteiger charge is 2.37. The average Bonchev–Trinajstić information content (AvgIpc) is 3.96. The average molecular weight is 730 g/mol. The number of methoxy groups -OCH3 is 2. The summed E-state index contributed by atoms with van der Waals surface area (Å²) < 4.78 is 14.9. The van der Waals surface area contributed by atoms with Gasteiger partial charge in [-0.2, -0.15) is 0 Å². The van der Waals surface area contributed by atoms with Gasteiger partial charge in [-0.3, -0.25) is 24.0 Å². The second-order valence-electron chi connectivity index (χ2n) is 14.6. The molecular weight excluding hydrogens is 674 g/mol. The zero-order valence-corrected chi connectivity index (χ0v) is 30.7. The number of ether oxygens (including phenoxy) is 3. The number of hydrogen-bond acceptors (Lipinski definition) is 11. The van der Waals surface area contributed by atoms with Gasteiger partial charge < -0.3 is 41.2 Å². The molecule has 50 heavy (non-hydrogen) atoms. The second-order valence-corrected chi connectivity index (χ2v) is 14.6. The van der Waals surface area contributed by atoms with Gasteiger partial charge in [0.25, 0.3) is 0 Å². The van der Waals surface area contributed by atoms with E-state index in [1.165, 1.54) is 14.2 Å². The Morgan fingerprint density at radius 2 is 1.18 bits per heavy atom. The molecule has 6 N–H and O–H groups in total. The number of nitrogens with two attached hydrogens (primary N) is 1. The van der Waals surface area contributed by atoms with E-state index in [-0.39, 0.29) is 67.1 Å². The highest BCUT2D eigenvalue weighted by Crippen LogP contribution is 2.37. The van der Waals surface area contributed by atoms with Crippen LogP contribution in [0.15, 0.2) is 0 Å². The number of halogens is 1. The predicted octanol–water partition coefficient (Wildman–Crippen LogP) is 1.04. The number of hydrogen-bond donors (Lipinski definition) is 5. The topological polar surface area (TPSA) is 221 Å². The van der Waals surface area contributed by atoms with Gasteiger partial charge in [-0.25, -0.2) is 9.59 Å². The SMILES string of the molecule is COC(=O)[C@H](C[C@@H]1CCNC1=O)NC(=O)[C@@H](CC(=O)OC(C)(C)C)CC1CC1.COC(=O)[C@H](C[C@@H]1CCNC1=O)NC(=O)[C@@H](N)CC1CC1.Cl. The van der Waals surface area contributed by atoms with Crippen LogP contribution in [0.2, 0.25) is 0 Å². The summed E-state index contributed by atoms with van der Waals surface area (Å²) in [6.45, 7) is 6.50. The van der Waals surface area contributed by atoms with Crippen molar-refractivity contribution in [3.8, 4) is 0 Å². The minimum Gasteiger partial charge on any atom is -0.467 e. The maximum atomic E-state index is 12.9. The molecule has 0 spiro atoms. The molecule has 16 heteroatoms. The van der Waals surface area contributed by atoms with E-state index in [1.54, 1.807) is 20.8 Å². The van der Waals surface area contributed by atoms with Gasteiger partial charge in [0.15, 0.2) is 0 Å². The van der Waals surface area contributed by atoms with Crippen LogP contribution in [0.1, 0.15) is 91.4 Å². The minimum absolute atomic E-state index is 0. The van der Waals surface area contributed by atoms with E-state index in [9.17, 15) is 33.6 Å². The molecule has 0 unspecified atom stereocenters. The number of nitrogens with one attached hydrogen (secondary N) is 4. The van der Waals surface area contributed by atoms with E-state index in [1.807, 2.05) is 0 Å². The Bertz CT molecular complexity index is 1220. The maximum Gasteiger partial charge on any atom is 0.328 e. The third kappa shape index (κ3) is 14.8. The van der Waals surface area contributed by atoms with Gasteiger partial charge >= 0.3 is 17.9 Å². The molecule has 284 valence electrons. The van der Waals surface area contributed by atoms with Crippen LogP contribution < -0.4 is 27.0 Å². The van der Waals surface area contributed by atoms with E-state index in [0.717, 1.165) is 25.7 Å². The largest absolute Gasteiger partial charge is 0.467 e. The summed E-state index contributed by atoms with van der Waals surface area (Å²) >= 11 is 0. The quantitative estimate of drug-likeness (QED) is 0.112. The molecule has 0 aromatic rings. The molecule has 15 nitrogen and oxygen atoms in total. The van der Waals surface area contributed by atoms with Crippen molar-refractivity contribution in [2.45, 2.75) is 115 Å². The first-order chi connectivity index (χ1) is 23.1. The molecule has 0 aromatic heterocycles. The van der Waals surface area contributed by atoms with Gasteiger partial charge in [0.1, 0.15) is 17.7 Å². The fraction of sp³-hybridized carbons (Fsp3) is 0.794. The van der Waals surface area contributed by atoms with E-state index in [0.29, 0.717) is 50.6 Å². The first-order valence-corrected chi connectivity index (χ1v) is 17.4. The normalized spacial score (nSPS) is 22.1. The van der Waals surface area contributed by atoms with Crippen molar-refractivity contribution in [1.29, 1.82) is 0 Å². The van der Waals surface area contributed by atoms with Crippen LogP contribution >= 0.6 is 12.4 Å². The van der Waals surface area contributed by atoms with Gasteiger partial charge in [0.2, 0.25) is 23.6 Å². The highest BCUT2D eigenvalue weighted by atomic mass is 35.5. The van der Waals surface area contributed by atoms with Crippen LogP contribution in [0.5, 0.6) is 0 Å². The molecular formula is C34H56ClN5O10. The number of carbonyl (C=O) groups is 7. The van der Waals surface area contributed by atoms with Crippen molar-refractivity contribution in [1.82, 2.24) is 21.3 Å². The Hall–Kier alpha value is -3.46. The van der Waals surface area contributed by atoms with E-state index < -0.39 is 47.6 Å². The predicted molar refractivity (Wildman–Crippen MR) is 183 cm³/mol. The molecule has 2 saturated carbocycles. The van der Waals surface area contributed by atoms with E-state index in [4.69, 9.17) is 19.9 Å². The fourth-order valence-electron chi connectivity index (χ4n) is 6.03.